The van der Waals surface area contributed by atoms with E-state index in [0.717, 1.165) is 18.4 Å². The maximum atomic E-state index is 2.76. The number of nitrogens with zero attached hydrogens (tertiary/aromatic N) is 2. The van der Waals surface area contributed by atoms with Gasteiger partial charge in [0, 0.05) is 24.0 Å². The molecule has 0 aromatic heterocycles. The van der Waals surface area contributed by atoms with Gasteiger partial charge < -0.3 is 4.90 Å². The van der Waals surface area contributed by atoms with Gasteiger partial charge in [0.25, 0.3) is 0 Å². The molecular formula is C19H30N2S. The van der Waals surface area contributed by atoms with Crippen LogP contribution in [0.15, 0.2) is 29.2 Å². The molecule has 0 unspecified atom stereocenters. The van der Waals surface area contributed by atoms with Gasteiger partial charge in [-0.1, -0.05) is 26.0 Å². The normalized spacial score (nSPS) is 23.0. The summed E-state index contributed by atoms with van der Waals surface area (Å²) < 4.78 is 2.56. The Bertz CT molecular complexity index is 443. The molecule has 1 aromatic rings. The van der Waals surface area contributed by atoms with Crippen molar-refractivity contribution < 1.29 is 0 Å². The molecule has 0 spiro atoms. The number of benzene rings is 1. The summed E-state index contributed by atoms with van der Waals surface area (Å²) in [6.45, 7) is 9.75. The van der Waals surface area contributed by atoms with Crippen molar-refractivity contribution in [2.24, 2.45) is 5.92 Å². The standard InChI is InChI=1S/C19H30N2S/c1-3-17-4-6-19(7-5-17)22-21-14-10-18(11-15-21)20-12-8-16(2)9-13-20/h4-7,16,18H,3,8-15H2,1-2H3. The molecule has 0 radical (unpaired) electrons. The van der Waals surface area contributed by atoms with Crippen LogP contribution < -0.4 is 0 Å². The molecule has 22 heavy (non-hydrogen) atoms. The van der Waals surface area contributed by atoms with Crippen LogP contribution in [0.4, 0.5) is 0 Å². The van der Waals surface area contributed by atoms with Crippen molar-refractivity contribution in [3.05, 3.63) is 29.8 Å². The van der Waals surface area contributed by atoms with Crippen molar-refractivity contribution in [2.75, 3.05) is 26.2 Å². The number of rotatable bonds is 4. The maximum absolute atomic E-state index is 2.76. The highest BCUT2D eigenvalue weighted by Crippen LogP contribution is 2.29. The average molecular weight is 319 g/mol. The average Bonchev–Trinajstić information content (AvgIpc) is 2.57. The molecule has 2 fully saturated rings. The number of aryl methyl sites for hydroxylation is 1. The molecule has 0 atom stereocenters. The molecule has 2 nitrogen and oxygen atoms in total. The summed E-state index contributed by atoms with van der Waals surface area (Å²) in [5.74, 6) is 0.943. The predicted octanol–water partition coefficient (Wildman–Crippen LogP) is 4.45. The zero-order valence-electron chi connectivity index (χ0n) is 14.1. The fourth-order valence-electron chi connectivity index (χ4n) is 3.63. The Morgan fingerprint density at radius 2 is 1.59 bits per heavy atom. The second-order valence-corrected chi connectivity index (χ2v) is 8.14. The summed E-state index contributed by atoms with van der Waals surface area (Å²) in [5.41, 5.74) is 1.43. The summed E-state index contributed by atoms with van der Waals surface area (Å²) in [5, 5.41) is 0. The lowest BCUT2D eigenvalue weighted by Crippen LogP contribution is -2.46. The summed E-state index contributed by atoms with van der Waals surface area (Å²) in [6.07, 6.45) is 6.62. The third kappa shape index (κ3) is 4.27. The molecule has 1 aromatic carbocycles. The van der Waals surface area contributed by atoms with Gasteiger partial charge in [0.15, 0.2) is 0 Å². The minimum atomic E-state index is 0.840. The SMILES string of the molecule is CCc1ccc(SN2CCC(N3CCC(C)CC3)CC2)cc1. The fourth-order valence-corrected chi connectivity index (χ4v) is 4.58. The summed E-state index contributed by atoms with van der Waals surface area (Å²) >= 11 is 1.95. The minimum Gasteiger partial charge on any atom is -0.300 e. The van der Waals surface area contributed by atoms with Crippen LogP contribution in [0.2, 0.25) is 0 Å². The molecule has 122 valence electrons. The van der Waals surface area contributed by atoms with Crippen LogP contribution in [0.5, 0.6) is 0 Å². The lowest BCUT2D eigenvalue weighted by molar-refractivity contribution is 0.103. The highest BCUT2D eigenvalue weighted by atomic mass is 32.2. The van der Waals surface area contributed by atoms with Crippen LogP contribution in [0.25, 0.3) is 0 Å². The van der Waals surface area contributed by atoms with E-state index in [2.05, 4.69) is 47.3 Å². The van der Waals surface area contributed by atoms with Gasteiger partial charge in [-0.05, 0) is 80.8 Å². The van der Waals surface area contributed by atoms with Gasteiger partial charge in [-0.2, -0.15) is 0 Å². The molecule has 3 heteroatoms. The molecule has 2 aliphatic rings. The molecule has 2 heterocycles. The lowest BCUT2D eigenvalue weighted by Gasteiger charge is -2.41. The van der Waals surface area contributed by atoms with E-state index in [-0.39, 0.29) is 0 Å². The van der Waals surface area contributed by atoms with Crippen molar-refractivity contribution in [1.82, 2.24) is 9.21 Å². The predicted molar refractivity (Wildman–Crippen MR) is 96.2 cm³/mol. The Kier molecular flexibility index (Phi) is 5.83. The fraction of sp³-hybridized carbons (Fsp3) is 0.684. The van der Waals surface area contributed by atoms with Crippen molar-refractivity contribution in [2.45, 2.75) is 56.9 Å². The topological polar surface area (TPSA) is 6.48 Å². The van der Waals surface area contributed by atoms with E-state index < -0.39 is 0 Å². The third-order valence-electron chi connectivity index (χ3n) is 5.32. The second kappa shape index (κ2) is 7.85. The van der Waals surface area contributed by atoms with E-state index in [9.17, 15) is 0 Å². The summed E-state index contributed by atoms with van der Waals surface area (Å²) in [4.78, 5) is 4.15. The maximum Gasteiger partial charge on any atom is 0.0230 e. The number of hydrogen-bond acceptors (Lipinski definition) is 3. The van der Waals surface area contributed by atoms with Gasteiger partial charge in [-0.25, -0.2) is 4.31 Å². The zero-order chi connectivity index (χ0) is 15.4. The number of hydrogen-bond donors (Lipinski definition) is 0. The van der Waals surface area contributed by atoms with Gasteiger partial charge in [-0.15, -0.1) is 0 Å². The monoisotopic (exact) mass is 318 g/mol. The van der Waals surface area contributed by atoms with Crippen LogP contribution in [0.1, 0.15) is 45.1 Å². The van der Waals surface area contributed by atoms with Crippen molar-refractivity contribution in [3.63, 3.8) is 0 Å². The van der Waals surface area contributed by atoms with Crippen LogP contribution in [0, 0.1) is 5.92 Å². The van der Waals surface area contributed by atoms with E-state index in [1.54, 1.807) is 0 Å². The van der Waals surface area contributed by atoms with Crippen LogP contribution >= 0.6 is 11.9 Å². The number of likely N-dealkylation sites (tertiary alicyclic amines) is 1. The Labute approximate surface area is 140 Å². The molecular weight excluding hydrogens is 288 g/mol. The van der Waals surface area contributed by atoms with Crippen molar-refractivity contribution >= 4 is 11.9 Å². The molecule has 0 saturated carbocycles. The summed E-state index contributed by atoms with van der Waals surface area (Å²) in [6, 6.07) is 9.93. The summed E-state index contributed by atoms with van der Waals surface area (Å²) in [7, 11) is 0. The second-order valence-electron chi connectivity index (χ2n) is 6.97. The van der Waals surface area contributed by atoms with Gasteiger partial charge in [0.1, 0.15) is 0 Å². The van der Waals surface area contributed by atoms with Gasteiger partial charge >= 0.3 is 0 Å². The molecule has 0 bridgehead atoms. The molecule has 0 amide bonds. The third-order valence-corrected chi connectivity index (χ3v) is 6.43. The molecule has 0 N–H and O–H groups in total. The van der Waals surface area contributed by atoms with Gasteiger partial charge in [0.05, 0.1) is 0 Å². The molecule has 2 saturated heterocycles. The first-order valence-electron chi connectivity index (χ1n) is 9.00. The Hall–Kier alpha value is -0.510. The van der Waals surface area contributed by atoms with Crippen molar-refractivity contribution in [1.29, 1.82) is 0 Å². The van der Waals surface area contributed by atoms with Crippen LogP contribution in [-0.2, 0) is 6.42 Å². The van der Waals surface area contributed by atoms with E-state index in [1.807, 2.05) is 11.9 Å². The molecule has 0 aliphatic carbocycles. The van der Waals surface area contributed by atoms with Crippen LogP contribution in [-0.4, -0.2) is 41.4 Å². The zero-order valence-corrected chi connectivity index (χ0v) is 14.9. The van der Waals surface area contributed by atoms with Gasteiger partial charge in [0.2, 0.25) is 0 Å². The first-order valence-corrected chi connectivity index (χ1v) is 9.78. The first-order chi connectivity index (χ1) is 10.7. The van der Waals surface area contributed by atoms with E-state index >= 15 is 0 Å². The van der Waals surface area contributed by atoms with Crippen molar-refractivity contribution in [3.8, 4) is 0 Å². The quantitative estimate of drug-likeness (QED) is 0.757. The Morgan fingerprint density at radius 1 is 0.955 bits per heavy atom. The molecule has 3 rings (SSSR count). The largest absolute Gasteiger partial charge is 0.300 e. The first kappa shape index (κ1) is 16.4. The highest BCUT2D eigenvalue weighted by molar-refractivity contribution is 7.97. The highest BCUT2D eigenvalue weighted by Gasteiger charge is 2.27. The smallest absolute Gasteiger partial charge is 0.0230 e. The Morgan fingerprint density at radius 3 is 2.18 bits per heavy atom. The molecule has 2 aliphatic heterocycles. The van der Waals surface area contributed by atoms with E-state index in [1.165, 1.54) is 62.3 Å². The minimum absolute atomic E-state index is 0.840. The van der Waals surface area contributed by atoms with Crippen LogP contribution in [0.3, 0.4) is 0 Å². The van der Waals surface area contributed by atoms with Gasteiger partial charge in [-0.3, -0.25) is 0 Å². The lowest BCUT2D eigenvalue weighted by atomic mass is 9.95. The number of piperidine rings is 2. The Balaban J connectivity index is 1.45. The van der Waals surface area contributed by atoms with E-state index in [0.29, 0.717) is 0 Å². The van der Waals surface area contributed by atoms with E-state index in [4.69, 9.17) is 0 Å².